The Kier molecular flexibility index (Phi) is 4.22. The molecule has 0 fully saturated rings. The number of nitrogens with zero attached hydrogens (tertiary/aromatic N) is 1. The Morgan fingerprint density at radius 1 is 1.33 bits per heavy atom. The summed E-state index contributed by atoms with van der Waals surface area (Å²) in [6.07, 6.45) is 0. The van der Waals surface area contributed by atoms with Crippen molar-refractivity contribution in [1.82, 2.24) is 5.16 Å². The van der Waals surface area contributed by atoms with Gasteiger partial charge in [0.25, 0.3) is 5.91 Å². The molecule has 0 saturated carbocycles. The van der Waals surface area contributed by atoms with Crippen LogP contribution in [0.1, 0.15) is 21.6 Å². The topological polar surface area (TPSA) is 102 Å². The number of carboxylic acids is 1. The van der Waals surface area contributed by atoms with Crippen molar-refractivity contribution >= 4 is 17.8 Å². The lowest BCUT2D eigenvalue weighted by atomic mass is 10.1. The highest BCUT2D eigenvalue weighted by molar-refractivity contribution is 5.92. The number of aryl methyl sites for hydroxylation is 2. The van der Waals surface area contributed by atoms with Gasteiger partial charge in [-0.15, -0.1) is 0 Å². The quantitative estimate of drug-likeness (QED) is 0.873. The molecule has 1 heterocycles. The van der Waals surface area contributed by atoms with E-state index in [-0.39, 0.29) is 23.8 Å². The standard InChI is InChI=1S/C14H14N2O5/c1-8-3-4-11(10(5-8)14(18)19)20-7-12(17)15-13-6-9(2)16-21-13/h3-6H,7H2,1-2H3,(H,15,17)(H,18,19). The largest absolute Gasteiger partial charge is 0.483 e. The third-order valence-electron chi connectivity index (χ3n) is 2.61. The average Bonchev–Trinajstić information content (AvgIpc) is 2.82. The van der Waals surface area contributed by atoms with E-state index in [1.165, 1.54) is 12.1 Å². The molecule has 1 aromatic carbocycles. The molecule has 2 rings (SSSR count). The van der Waals surface area contributed by atoms with Gasteiger partial charge in [0.15, 0.2) is 6.61 Å². The molecule has 0 aliphatic carbocycles. The van der Waals surface area contributed by atoms with E-state index >= 15 is 0 Å². The smallest absolute Gasteiger partial charge is 0.339 e. The molecule has 110 valence electrons. The fourth-order valence-electron chi connectivity index (χ4n) is 1.68. The van der Waals surface area contributed by atoms with Gasteiger partial charge in [0.2, 0.25) is 5.88 Å². The minimum absolute atomic E-state index is 0.0123. The fourth-order valence-corrected chi connectivity index (χ4v) is 1.68. The van der Waals surface area contributed by atoms with Gasteiger partial charge in [-0.1, -0.05) is 16.8 Å². The van der Waals surface area contributed by atoms with E-state index in [1.54, 1.807) is 26.0 Å². The second-order valence-corrected chi connectivity index (χ2v) is 4.47. The van der Waals surface area contributed by atoms with Crippen molar-refractivity contribution < 1.29 is 24.0 Å². The Morgan fingerprint density at radius 3 is 2.71 bits per heavy atom. The van der Waals surface area contributed by atoms with Gasteiger partial charge in [-0.3, -0.25) is 10.1 Å². The molecule has 0 spiro atoms. The number of hydrogen-bond donors (Lipinski definition) is 2. The Labute approximate surface area is 120 Å². The molecule has 0 unspecified atom stereocenters. The van der Waals surface area contributed by atoms with Crippen molar-refractivity contribution in [1.29, 1.82) is 0 Å². The lowest BCUT2D eigenvalue weighted by molar-refractivity contribution is -0.118. The maximum atomic E-state index is 11.7. The van der Waals surface area contributed by atoms with Crippen molar-refractivity contribution in [3.05, 3.63) is 41.1 Å². The number of anilines is 1. The molecule has 0 bridgehead atoms. The molecule has 21 heavy (non-hydrogen) atoms. The second-order valence-electron chi connectivity index (χ2n) is 4.47. The molecule has 7 nitrogen and oxygen atoms in total. The zero-order chi connectivity index (χ0) is 15.4. The highest BCUT2D eigenvalue weighted by Crippen LogP contribution is 2.20. The van der Waals surface area contributed by atoms with Gasteiger partial charge in [0.05, 0.1) is 5.69 Å². The summed E-state index contributed by atoms with van der Waals surface area (Å²) in [6.45, 7) is 3.17. The highest BCUT2D eigenvalue weighted by Gasteiger charge is 2.13. The lowest BCUT2D eigenvalue weighted by Crippen LogP contribution is -2.20. The molecule has 0 saturated heterocycles. The maximum Gasteiger partial charge on any atom is 0.339 e. The van der Waals surface area contributed by atoms with Crippen LogP contribution in [0.4, 0.5) is 5.88 Å². The first-order chi connectivity index (χ1) is 9.95. The van der Waals surface area contributed by atoms with Gasteiger partial charge in [-0.05, 0) is 26.0 Å². The number of ether oxygens (including phenoxy) is 1. The molecule has 1 aromatic heterocycles. The number of carboxylic acid groups (broad SMARTS) is 1. The summed E-state index contributed by atoms with van der Waals surface area (Å²) in [5, 5.41) is 15.2. The zero-order valence-electron chi connectivity index (χ0n) is 11.5. The van der Waals surface area contributed by atoms with Crippen LogP contribution >= 0.6 is 0 Å². The number of rotatable bonds is 5. The summed E-state index contributed by atoms with van der Waals surface area (Å²) in [5.41, 5.74) is 1.44. The Morgan fingerprint density at radius 2 is 2.10 bits per heavy atom. The zero-order valence-corrected chi connectivity index (χ0v) is 11.5. The minimum Gasteiger partial charge on any atom is -0.483 e. The van der Waals surface area contributed by atoms with Crippen LogP contribution in [0.3, 0.4) is 0 Å². The maximum absolute atomic E-state index is 11.7. The predicted molar refractivity (Wildman–Crippen MR) is 73.5 cm³/mol. The monoisotopic (exact) mass is 290 g/mol. The van der Waals surface area contributed by atoms with Gasteiger partial charge in [0, 0.05) is 6.07 Å². The van der Waals surface area contributed by atoms with Crippen LogP contribution in [0.15, 0.2) is 28.8 Å². The number of carbonyl (C=O) groups is 2. The first kappa shape index (κ1) is 14.6. The van der Waals surface area contributed by atoms with Gasteiger partial charge < -0.3 is 14.4 Å². The minimum atomic E-state index is -1.11. The first-order valence-electron chi connectivity index (χ1n) is 6.15. The van der Waals surface area contributed by atoms with Crippen molar-refractivity contribution in [2.24, 2.45) is 0 Å². The fraction of sp³-hybridized carbons (Fsp3) is 0.214. The van der Waals surface area contributed by atoms with Crippen molar-refractivity contribution in [3.63, 3.8) is 0 Å². The lowest BCUT2D eigenvalue weighted by Gasteiger charge is -2.09. The number of aromatic nitrogens is 1. The molecule has 2 N–H and O–H groups in total. The molecule has 1 amide bonds. The van der Waals surface area contributed by atoms with Crippen LogP contribution in [0.5, 0.6) is 5.75 Å². The first-order valence-corrected chi connectivity index (χ1v) is 6.15. The normalized spacial score (nSPS) is 10.2. The van der Waals surface area contributed by atoms with Gasteiger partial charge in [0.1, 0.15) is 11.3 Å². The summed E-state index contributed by atoms with van der Waals surface area (Å²) in [7, 11) is 0. The molecule has 0 atom stereocenters. The molecule has 2 aromatic rings. The number of carbonyl (C=O) groups excluding carboxylic acids is 1. The van der Waals surface area contributed by atoms with Crippen LogP contribution in [0, 0.1) is 13.8 Å². The average molecular weight is 290 g/mol. The second kappa shape index (κ2) is 6.08. The summed E-state index contributed by atoms with van der Waals surface area (Å²) in [5.74, 6) is -1.23. The summed E-state index contributed by atoms with van der Waals surface area (Å²) < 4.78 is 10.1. The highest BCUT2D eigenvalue weighted by atomic mass is 16.5. The Hall–Kier alpha value is -2.83. The van der Waals surface area contributed by atoms with Gasteiger partial charge in [-0.25, -0.2) is 4.79 Å². The van der Waals surface area contributed by atoms with Crippen molar-refractivity contribution in [2.45, 2.75) is 13.8 Å². The van der Waals surface area contributed by atoms with E-state index in [1.807, 2.05) is 0 Å². The van der Waals surface area contributed by atoms with Crippen molar-refractivity contribution in [2.75, 3.05) is 11.9 Å². The third kappa shape index (κ3) is 3.82. The molecular weight excluding hydrogens is 276 g/mol. The molecule has 0 radical (unpaired) electrons. The number of hydrogen-bond acceptors (Lipinski definition) is 5. The molecule has 0 aliphatic rings. The number of nitrogens with one attached hydrogen (secondary N) is 1. The van der Waals surface area contributed by atoms with E-state index in [9.17, 15) is 9.59 Å². The summed E-state index contributed by atoms with van der Waals surface area (Å²) in [6, 6.07) is 6.27. The van der Waals surface area contributed by atoms with E-state index in [0.717, 1.165) is 5.56 Å². The predicted octanol–water partition coefficient (Wildman–Crippen LogP) is 2.01. The van der Waals surface area contributed by atoms with Gasteiger partial charge in [-0.2, -0.15) is 0 Å². The molecule has 0 aliphatic heterocycles. The molecular formula is C14H14N2O5. The number of amides is 1. The summed E-state index contributed by atoms with van der Waals surface area (Å²) in [4.78, 5) is 22.8. The number of benzene rings is 1. The van der Waals surface area contributed by atoms with Crippen molar-refractivity contribution in [3.8, 4) is 5.75 Å². The van der Waals surface area contributed by atoms with Crippen LogP contribution < -0.4 is 10.1 Å². The Balaban J connectivity index is 1.99. The van der Waals surface area contributed by atoms with E-state index in [4.69, 9.17) is 14.4 Å². The third-order valence-corrected chi connectivity index (χ3v) is 2.61. The van der Waals surface area contributed by atoms with Crippen LogP contribution in [-0.2, 0) is 4.79 Å². The van der Waals surface area contributed by atoms with Crippen LogP contribution in [-0.4, -0.2) is 28.7 Å². The van der Waals surface area contributed by atoms with E-state index < -0.39 is 11.9 Å². The van der Waals surface area contributed by atoms with Gasteiger partial charge >= 0.3 is 5.97 Å². The molecule has 7 heteroatoms. The Bertz CT molecular complexity index is 678. The van der Waals surface area contributed by atoms with E-state index in [2.05, 4.69) is 10.5 Å². The SMILES string of the molecule is Cc1ccc(OCC(=O)Nc2cc(C)no2)c(C(=O)O)c1. The number of aromatic carboxylic acids is 1. The van der Waals surface area contributed by atoms with E-state index in [0.29, 0.717) is 5.69 Å². The van der Waals surface area contributed by atoms with Crippen LogP contribution in [0.25, 0.3) is 0 Å². The van der Waals surface area contributed by atoms with Crippen LogP contribution in [0.2, 0.25) is 0 Å². The summed E-state index contributed by atoms with van der Waals surface area (Å²) >= 11 is 0.